The third-order valence-electron chi connectivity index (χ3n) is 3.40. The van der Waals surface area contributed by atoms with Gasteiger partial charge in [-0.1, -0.05) is 0 Å². The van der Waals surface area contributed by atoms with Gasteiger partial charge in [0.25, 0.3) is 0 Å². The van der Waals surface area contributed by atoms with Gasteiger partial charge in [-0.15, -0.1) is 0 Å². The SMILES string of the molecule is Cc1ncc(C2=CN(c3cccnc3)NC2C)c(C)n1. The van der Waals surface area contributed by atoms with Crippen LogP contribution in [-0.4, -0.2) is 21.0 Å². The van der Waals surface area contributed by atoms with Gasteiger partial charge in [-0.3, -0.25) is 9.99 Å². The van der Waals surface area contributed by atoms with Gasteiger partial charge < -0.3 is 0 Å². The van der Waals surface area contributed by atoms with E-state index in [0.29, 0.717) is 0 Å². The number of aromatic nitrogens is 3. The van der Waals surface area contributed by atoms with Crippen LogP contribution in [0.2, 0.25) is 0 Å². The second-order valence-electron chi connectivity index (χ2n) is 4.93. The second kappa shape index (κ2) is 5.02. The summed E-state index contributed by atoms with van der Waals surface area (Å²) in [5.74, 6) is 0.801. The average Bonchev–Trinajstić information content (AvgIpc) is 2.82. The van der Waals surface area contributed by atoms with E-state index >= 15 is 0 Å². The van der Waals surface area contributed by atoms with E-state index in [1.165, 1.54) is 5.57 Å². The topological polar surface area (TPSA) is 53.9 Å². The molecule has 5 heteroatoms. The molecule has 2 aromatic heterocycles. The fraction of sp³-hybridized carbons (Fsp3) is 0.267. The van der Waals surface area contributed by atoms with Gasteiger partial charge >= 0.3 is 0 Å². The van der Waals surface area contributed by atoms with Gasteiger partial charge in [0.05, 0.1) is 17.9 Å². The highest BCUT2D eigenvalue weighted by molar-refractivity contribution is 5.75. The molecule has 3 rings (SSSR count). The number of nitrogens with one attached hydrogen (secondary N) is 1. The van der Waals surface area contributed by atoms with Gasteiger partial charge in [0.15, 0.2) is 0 Å². The Bertz CT molecular complexity index is 651. The molecule has 1 aliphatic rings. The van der Waals surface area contributed by atoms with Crippen molar-refractivity contribution in [1.82, 2.24) is 20.4 Å². The molecule has 0 saturated heterocycles. The van der Waals surface area contributed by atoms with Crippen LogP contribution in [0.4, 0.5) is 5.69 Å². The van der Waals surface area contributed by atoms with Gasteiger partial charge in [0.2, 0.25) is 0 Å². The van der Waals surface area contributed by atoms with E-state index in [0.717, 1.165) is 22.8 Å². The molecule has 0 aromatic carbocycles. The molecule has 0 radical (unpaired) electrons. The molecular formula is C15H17N5. The Morgan fingerprint density at radius 2 is 2.10 bits per heavy atom. The molecule has 0 aliphatic carbocycles. The van der Waals surface area contributed by atoms with Crippen LogP contribution in [0.5, 0.6) is 0 Å². The van der Waals surface area contributed by atoms with Crippen molar-refractivity contribution in [2.45, 2.75) is 26.8 Å². The molecule has 5 nitrogen and oxygen atoms in total. The fourth-order valence-electron chi connectivity index (χ4n) is 2.38. The molecule has 20 heavy (non-hydrogen) atoms. The first-order valence-corrected chi connectivity index (χ1v) is 6.63. The van der Waals surface area contributed by atoms with E-state index < -0.39 is 0 Å². The molecule has 0 bridgehead atoms. The summed E-state index contributed by atoms with van der Waals surface area (Å²) in [5.41, 5.74) is 7.70. The van der Waals surface area contributed by atoms with Crippen LogP contribution >= 0.6 is 0 Å². The molecule has 102 valence electrons. The summed E-state index contributed by atoms with van der Waals surface area (Å²) < 4.78 is 0. The molecular weight excluding hydrogens is 250 g/mol. The second-order valence-corrected chi connectivity index (χ2v) is 4.93. The standard InChI is InChI=1S/C15H17N5/c1-10-14(8-17-12(3)18-10)15-9-20(19-11(15)2)13-5-4-6-16-7-13/h4-9,11,19H,1-3H3. The van der Waals surface area contributed by atoms with E-state index in [-0.39, 0.29) is 6.04 Å². The van der Waals surface area contributed by atoms with Crippen LogP contribution < -0.4 is 10.4 Å². The third-order valence-corrected chi connectivity index (χ3v) is 3.40. The van der Waals surface area contributed by atoms with E-state index in [1.54, 1.807) is 6.20 Å². The highest BCUT2D eigenvalue weighted by atomic mass is 15.5. The molecule has 0 amide bonds. The molecule has 0 saturated carbocycles. The largest absolute Gasteiger partial charge is 0.282 e. The van der Waals surface area contributed by atoms with E-state index in [4.69, 9.17) is 0 Å². The number of hydrogen-bond donors (Lipinski definition) is 1. The van der Waals surface area contributed by atoms with Crippen molar-refractivity contribution in [1.29, 1.82) is 0 Å². The number of hydrazine groups is 1. The molecule has 3 heterocycles. The van der Waals surface area contributed by atoms with Gasteiger partial charge in [0, 0.05) is 29.9 Å². The number of aryl methyl sites for hydroxylation is 2. The lowest BCUT2D eigenvalue weighted by molar-refractivity contribution is 0.689. The van der Waals surface area contributed by atoms with Gasteiger partial charge in [-0.05, 0) is 38.5 Å². The first-order chi connectivity index (χ1) is 9.65. The summed E-state index contributed by atoms with van der Waals surface area (Å²) in [5, 5.41) is 1.99. The Hall–Kier alpha value is -2.27. The molecule has 2 aromatic rings. The third kappa shape index (κ3) is 2.28. The zero-order valence-corrected chi connectivity index (χ0v) is 11.8. The summed E-state index contributed by atoms with van der Waals surface area (Å²) in [4.78, 5) is 12.9. The maximum atomic E-state index is 4.44. The minimum atomic E-state index is 0.209. The molecule has 1 unspecified atom stereocenters. The summed E-state index contributed by atoms with van der Waals surface area (Å²) in [7, 11) is 0. The summed E-state index contributed by atoms with van der Waals surface area (Å²) in [6, 6.07) is 4.15. The Balaban J connectivity index is 1.97. The Morgan fingerprint density at radius 3 is 2.80 bits per heavy atom. The summed E-state index contributed by atoms with van der Waals surface area (Å²) in [6.07, 6.45) is 7.58. The number of anilines is 1. The first kappa shape index (κ1) is 12.7. The van der Waals surface area contributed by atoms with Crippen molar-refractivity contribution in [3.05, 3.63) is 54.0 Å². The van der Waals surface area contributed by atoms with Crippen LogP contribution in [-0.2, 0) is 0 Å². The van der Waals surface area contributed by atoms with Gasteiger partial charge in [-0.2, -0.15) is 0 Å². The van der Waals surface area contributed by atoms with Crippen LogP contribution in [0, 0.1) is 13.8 Å². The predicted octanol–water partition coefficient (Wildman–Crippen LogP) is 2.24. The lowest BCUT2D eigenvalue weighted by Gasteiger charge is -2.17. The molecule has 1 atom stereocenters. The fourth-order valence-corrected chi connectivity index (χ4v) is 2.38. The zero-order chi connectivity index (χ0) is 14.1. The van der Waals surface area contributed by atoms with Crippen LogP contribution in [0.1, 0.15) is 24.0 Å². The number of hydrogen-bond acceptors (Lipinski definition) is 5. The van der Waals surface area contributed by atoms with Crippen LogP contribution in [0.15, 0.2) is 36.9 Å². The van der Waals surface area contributed by atoms with Crippen molar-refractivity contribution in [3.63, 3.8) is 0 Å². The van der Waals surface area contributed by atoms with E-state index in [2.05, 4.69) is 33.5 Å². The van der Waals surface area contributed by atoms with Gasteiger partial charge in [-0.25, -0.2) is 15.4 Å². The van der Waals surface area contributed by atoms with E-state index in [9.17, 15) is 0 Å². The number of rotatable bonds is 2. The number of nitrogens with zero attached hydrogens (tertiary/aromatic N) is 4. The zero-order valence-electron chi connectivity index (χ0n) is 11.8. The smallest absolute Gasteiger partial charge is 0.125 e. The summed E-state index contributed by atoms with van der Waals surface area (Å²) in [6.45, 7) is 6.05. The lowest BCUT2D eigenvalue weighted by atomic mass is 10.0. The monoisotopic (exact) mass is 267 g/mol. The normalized spacial score (nSPS) is 18.2. The Kier molecular flexibility index (Phi) is 3.20. The van der Waals surface area contributed by atoms with Gasteiger partial charge in [0.1, 0.15) is 5.82 Å². The van der Waals surface area contributed by atoms with Crippen LogP contribution in [0.3, 0.4) is 0 Å². The Labute approximate surface area is 118 Å². The predicted molar refractivity (Wildman–Crippen MR) is 78.8 cm³/mol. The lowest BCUT2D eigenvalue weighted by Crippen LogP contribution is -2.34. The maximum Gasteiger partial charge on any atom is 0.125 e. The highest BCUT2D eigenvalue weighted by Crippen LogP contribution is 2.27. The van der Waals surface area contributed by atoms with Crippen molar-refractivity contribution in [2.24, 2.45) is 0 Å². The Morgan fingerprint density at radius 1 is 1.25 bits per heavy atom. The minimum absolute atomic E-state index is 0.209. The molecule has 0 spiro atoms. The van der Waals surface area contributed by atoms with Crippen molar-refractivity contribution >= 4 is 11.3 Å². The maximum absolute atomic E-state index is 4.44. The average molecular weight is 267 g/mol. The van der Waals surface area contributed by atoms with E-state index in [1.807, 2.05) is 43.4 Å². The molecule has 0 fully saturated rings. The molecule has 1 N–H and O–H groups in total. The highest BCUT2D eigenvalue weighted by Gasteiger charge is 2.23. The summed E-state index contributed by atoms with van der Waals surface area (Å²) >= 11 is 0. The quantitative estimate of drug-likeness (QED) is 0.904. The van der Waals surface area contributed by atoms with Crippen LogP contribution in [0.25, 0.3) is 5.57 Å². The first-order valence-electron chi connectivity index (χ1n) is 6.63. The van der Waals surface area contributed by atoms with Crippen molar-refractivity contribution in [2.75, 3.05) is 5.01 Å². The molecule has 1 aliphatic heterocycles. The van der Waals surface area contributed by atoms with Crippen molar-refractivity contribution < 1.29 is 0 Å². The number of pyridine rings is 1. The minimum Gasteiger partial charge on any atom is -0.282 e. The van der Waals surface area contributed by atoms with Crippen molar-refractivity contribution in [3.8, 4) is 0 Å².